The molecule has 2 N–H and O–H groups in total. The van der Waals surface area contributed by atoms with Crippen LogP contribution in [0.25, 0.3) is 0 Å². The van der Waals surface area contributed by atoms with Crippen LogP contribution in [-0.4, -0.2) is 23.8 Å². The number of aromatic nitrogens is 2. The predicted molar refractivity (Wildman–Crippen MR) is 82.7 cm³/mol. The molecule has 0 aliphatic heterocycles. The van der Waals surface area contributed by atoms with E-state index >= 15 is 0 Å². The van der Waals surface area contributed by atoms with Crippen molar-refractivity contribution >= 4 is 0 Å². The van der Waals surface area contributed by atoms with Crippen molar-refractivity contribution in [1.29, 1.82) is 0 Å². The zero-order chi connectivity index (χ0) is 15.2. The van der Waals surface area contributed by atoms with E-state index in [2.05, 4.69) is 16.5 Å². The van der Waals surface area contributed by atoms with Crippen molar-refractivity contribution in [1.82, 2.24) is 9.55 Å². The van der Waals surface area contributed by atoms with Gasteiger partial charge in [0.15, 0.2) is 0 Å². The molecular weight excluding hydrogens is 266 g/mol. The zero-order valence-electron chi connectivity index (χ0n) is 12.9. The predicted octanol–water partition coefficient (Wildman–Crippen LogP) is 2.55. The van der Waals surface area contributed by atoms with Crippen molar-refractivity contribution in [2.24, 2.45) is 5.73 Å². The van der Waals surface area contributed by atoms with Crippen molar-refractivity contribution in [3.05, 3.63) is 42.0 Å². The molecule has 0 aliphatic carbocycles. The summed E-state index contributed by atoms with van der Waals surface area (Å²) in [6.07, 6.45) is 5.52. The maximum absolute atomic E-state index is 6.39. The largest absolute Gasteiger partial charge is 0.496 e. The standard InChI is InChI=1S/C16H23N3O2/c1-4-9-19-10-8-18-15(19)11-12(17)16-13(20-2)6-5-7-14(16)21-3/h5-8,10,12H,4,9,11,17H2,1-3H3. The number of rotatable bonds is 7. The number of nitrogens with zero attached hydrogens (tertiary/aromatic N) is 2. The van der Waals surface area contributed by atoms with E-state index in [9.17, 15) is 0 Å². The summed E-state index contributed by atoms with van der Waals surface area (Å²) in [5.74, 6) is 2.48. The summed E-state index contributed by atoms with van der Waals surface area (Å²) >= 11 is 0. The second kappa shape index (κ2) is 7.13. The Morgan fingerprint density at radius 1 is 1.24 bits per heavy atom. The minimum Gasteiger partial charge on any atom is -0.496 e. The number of hydrogen-bond donors (Lipinski definition) is 1. The van der Waals surface area contributed by atoms with Gasteiger partial charge in [0.2, 0.25) is 0 Å². The fourth-order valence-electron chi connectivity index (χ4n) is 2.52. The van der Waals surface area contributed by atoms with Crippen LogP contribution in [0.5, 0.6) is 11.5 Å². The second-order valence-corrected chi connectivity index (χ2v) is 4.92. The molecule has 0 bridgehead atoms. The Bertz CT molecular complexity index is 558. The molecule has 5 heteroatoms. The molecule has 1 aromatic heterocycles. The third-order valence-corrected chi connectivity index (χ3v) is 3.51. The first kappa shape index (κ1) is 15.4. The Kier molecular flexibility index (Phi) is 5.22. The quantitative estimate of drug-likeness (QED) is 0.851. The molecule has 114 valence electrons. The molecule has 0 amide bonds. The average Bonchev–Trinajstić information content (AvgIpc) is 2.93. The summed E-state index contributed by atoms with van der Waals surface area (Å²) in [7, 11) is 3.28. The van der Waals surface area contributed by atoms with E-state index in [0.29, 0.717) is 6.42 Å². The molecule has 1 atom stereocenters. The van der Waals surface area contributed by atoms with E-state index in [1.54, 1.807) is 14.2 Å². The van der Waals surface area contributed by atoms with Gasteiger partial charge >= 0.3 is 0 Å². The van der Waals surface area contributed by atoms with Crippen LogP contribution in [0.2, 0.25) is 0 Å². The van der Waals surface area contributed by atoms with Crippen LogP contribution < -0.4 is 15.2 Å². The van der Waals surface area contributed by atoms with Crippen molar-refractivity contribution < 1.29 is 9.47 Å². The Balaban J connectivity index is 2.27. The van der Waals surface area contributed by atoms with Crippen molar-refractivity contribution in [2.75, 3.05) is 14.2 Å². The SMILES string of the molecule is CCCn1ccnc1CC(N)c1c(OC)cccc1OC. The van der Waals surface area contributed by atoms with Crippen LogP contribution in [0.3, 0.4) is 0 Å². The summed E-state index contributed by atoms with van der Waals surface area (Å²) < 4.78 is 13.0. The van der Waals surface area contributed by atoms with Gasteiger partial charge in [0.25, 0.3) is 0 Å². The van der Waals surface area contributed by atoms with Gasteiger partial charge < -0.3 is 19.8 Å². The highest BCUT2D eigenvalue weighted by Gasteiger charge is 2.19. The van der Waals surface area contributed by atoms with E-state index in [4.69, 9.17) is 15.2 Å². The molecular formula is C16H23N3O2. The molecule has 5 nitrogen and oxygen atoms in total. The Hall–Kier alpha value is -2.01. The number of benzene rings is 1. The highest BCUT2D eigenvalue weighted by Crippen LogP contribution is 2.34. The van der Waals surface area contributed by atoms with Crippen LogP contribution >= 0.6 is 0 Å². The molecule has 0 spiro atoms. The van der Waals surface area contributed by atoms with E-state index in [-0.39, 0.29) is 6.04 Å². The lowest BCUT2D eigenvalue weighted by Gasteiger charge is -2.19. The zero-order valence-corrected chi connectivity index (χ0v) is 12.9. The number of nitrogens with two attached hydrogens (primary N) is 1. The highest BCUT2D eigenvalue weighted by atomic mass is 16.5. The number of aryl methyl sites for hydroxylation is 1. The van der Waals surface area contributed by atoms with Crippen molar-refractivity contribution in [3.8, 4) is 11.5 Å². The minimum absolute atomic E-state index is 0.228. The third kappa shape index (κ3) is 3.36. The van der Waals surface area contributed by atoms with Gasteiger partial charge in [-0.1, -0.05) is 13.0 Å². The normalized spacial score (nSPS) is 12.2. The van der Waals surface area contributed by atoms with E-state index < -0.39 is 0 Å². The molecule has 1 heterocycles. The van der Waals surface area contributed by atoms with Crippen LogP contribution in [0, 0.1) is 0 Å². The summed E-state index contributed by atoms with van der Waals surface area (Å²) in [5, 5.41) is 0. The molecule has 0 aliphatic rings. The fraction of sp³-hybridized carbons (Fsp3) is 0.438. The van der Waals surface area contributed by atoms with Crippen LogP contribution in [0.4, 0.5) is 0 Å². The lowest BCUT2D eigenvalue weighted by atomic mass is 10.0. The first-order valence-corrected chi connectivity index (χ1v) is 7.17. The average molecular weight is 289 g/mol. The highest BCUT2D eigenvalue weighted by molar-refractivity contribution is 5.47. The van der Waals surface area contributed by atoms with Gasteiger partial charge in [-0.2, -0.15) is 0 Å². The summed E-state index contributed by atoms with van der Waals surface area (Å²) in [6, 6.07) is 5.47. The number of imidazole rings is 1. The van der Waals surface area contributed by atoms with E-state index in [1.807, 2.05) is 30.6 Å². The van der Waals surface area contributed by atoms with Crippen LogP contribution in [0.15, 0.2) is 30.6 Å². The fourth-order valence-corrected chi connectivity index (χ4v) is 2.52. The van der Waals surface area contributed by atoms with Gasteiger partial charge in [0.05, 0.1) is 19.8 Å². The third-order valence-electron chi connectivity index (χ3n) is 3.51. The van der Waals surface area contributed by atoms with Gasteiger partial charge in [-0.25, -0.2) is 4.98 Å². The first-order chi connectivity index (χ1) is 10.2. The van der Waals surface area contributed by atoms with Gasteiger partial charge in [0, 0.05) is 31.4 Å². The maximum atomic E-state index is 6.39. The smallest absolute Gasteiger partial charge is 0.127 e. The van der Waals surface area contributed by atoms with Crippen molar-refractivity contribution in [2.45, 2.75) is 32.4 Å². The lowest BCUT2D eigenvalue weighted by Crippen LogP contribution is -2.18. The molecule has 1 aromatic carbocycles. The molecule has 0 saturated heterocycles. The Morgan fingerprint density at radius 2 is 1.90 bits per heavy atom. The topological polar surface area (TPSA) is 62.3 Å². The monoisotopic (exact) mass is 289 g/mol. The second-order valence-electron chi connectivity index (χ2n) is 4.92. The van der Waals surface area contributed by atoms with Gasteiger partial charge in [-0.15, -0.1) is 0 Å². The number of methoxy groups -OCH3 is 2. The first-order valence-electron chi connectivity index (χ1n) is 7.17. The van der Waals surface area contributed by atoms with Gasteiger partial charge in [0.1, 0.15) is 17.3 Å². The molecule has 1 unspecified atom stereocenters. The van der Waals surface area contributed by atoms with Gasteiger partial charge in [-0.05, 0) is 18.6 Å². The molecule has 2 aromatic rings. The van der Waals surface area contributed by atoms with Crippen molar-refractivity contribution in [3.63, 3.8) is 0 Å². The molecule has 0 radical (unpaired) electrons. The van der Waals surface area contributed by atoms with Gasteiger partial charge in [-0.3, -0.25) is 0 Å². The maximum Gasteiger partial charge on any atom is 0.127 e. The van der Waals surface area contributed by atoms with Crippen LogP contribution in [0.1, 0.15) is 30.8 Å². The molecule has 21 heavy (non-hydrogen) atoms. The minimum atomic E-state index is -0.228. The molecule has 2 rings (SSSR count). The van der Waals surface area contributed by atoms with Crippen LogP contribution in [-0.2, 0) is 13.0 Å². The summed E-state index contributed by atoms with van der Waals surface area (Å²) in [6.45, 7) is 3.10. The lowest BCUT2D eigenvalue weighted by molar-refractivity contribution is 0.378. The Labute approximate surface area is 125 Å². The van der Waals surface area contributed by atoms with E-state index in [1.165, 1.54) is 0 Å². The summed E-state index contributed by atoms with van der Waals surface area (Å²) in [5.41, 5.74) is 7.27. The number of hydrogen-bond acceptors (Lipinski definition) is 4. The summed E-state index contributed by atoms with van der Waals surface area (Å²) in [4.78, 5) is 4.41. The molecule has 0 saturated carbocycles. The molecule has 0 fully saturated rings. The number of ether oxygens (including phenoxy) is 2. The van der Waals surface area contributed by atoms with E-state index in [0.717, 1.165) is 35.9 Å². The Morgan fingerprint density at radius 3 is 2.48 bits per heavy atom.